The molecule has 0 radical (unpaired) electrons. The third kappa shape index (κ3) is 5.74. The molecule has 8 heteroatoms. The lowest BCUT2D eigenvalue weighted by Crippen LogP contribution is -2.30. The fourth-order valence-corrected chi connectivity index (χ4v) is 2.86. The Morgan fingerprint density at radius 3 is 2.57 bits per heavy atom. The van der Waals surface area contributed by atoms with Crippen LogP contribution in [0.3, 0.4) is 0 Å². The number of anilines is 1. The first kappa shape index (κ1) is 18.1. The molecule has 0 bridgehead atoms. The fraction of sp³-hybridized carbons (Fsp3) is 0.385. The van der Waals surface area contributed by atoms with Crippen LogP contribution in [-0.4, -0.2) is 45.8 Å². The lowest BCUT2D eigenvalue weighted by atomic mass is 10.2. The predicted octanol–water partition coefficient (Wildman–Crippen LogP) is 2.17. The van der Waals surface area contributed by atoms with Gasteiger partial charge < -0.3 is 20.1 Å². The number of benzene rings is 1. The Labute approximate surface area is 139 Å². The molecule has 1 aromatic carbocycles. The molecule has 0 aliphatic heterocycles. The molecule has 0 saturated carbocycles. The Bertz CT molecular complexity index is 523. The van der Waals surface area contributed by atoms with Crippen molar-refractivity contribution in [1.82, 2.24) is 5.32 Å². The van der Waals surface area contributed by atoms with Crippen LogP contribution in [0.1, 0.15) is 10.4 Å². The van der Waals surface area contributed by atoms with E-state index in [4.69, 9.17) is 9.47 Å². The number of hydrogen-bond donors (Lipinski definition) is 2. The Morgan fingerprint density at radius 1 is 1.24 bits per heavy atom. The van der Waals surface area contributed by atoms with Crippen LogP contribution in [0.15, 0.2) is 21.1 Å². The molecule has 0 fully saturated rings. The zero-order valence-corrected chi connectivity index (χ0v) is 14.8. The van der Waals surface area contributed by atoms with Crippen molar-refractivity contribution in [3.8, 4) is 0 Å². The highest BCUT2D eigenvalue weighted by atomic mass is 79.9. The molecule has 116 valence electrons. The van der Waals surface area contributed by atoms with Gasteiger partial charge in [0.15, 0.2) is 0 Å². The summed E-state index contributed by atoms with van der Waals surface area (Å²) < 4.78 is 10.9. The van der Waals surface area contributed by atoms with E-state index in [1.807, 2.05) is 0 Å². The molecule has 21 heavy (non-hydrogen) atoms. The summed E-state index contributed by atoms with van der Waals surface area (Å²) in [7, 11) is 2.87. The van der Waals surface area contributed by atoms with Crippen LogP contribution in [0.25, 0.3) is 0 Å². The largest absolute Gasteiger partial charge is 0.465 e. The minimum Gasteiger partial charge on any atom is -0.465 e. The number of carbonyl (C=O) groups is 2. The maximum absolute atomic E-state index is 11.9. The van der Waals surface area contributed by atoms with Crippen LogP contribution in [0.5, 0.6) is 0 Å². The number of esters is 1. The molecule has 0 aliphatic carbocycles. The van der Waals surface area contributed by atoms with Gasteiger partial charge in [-0.25, -0.2) is 4.79 Å². The normalized spacial score (nSPS) is 10.3. The fourth-order valence-electron chi connectivity index (χ4n) is 1.53. The number of methoxy groups -OCH3 is 2. The summed E-state index contributed by atoms with van der Waals surface area (Å²) in [6, 6.07) is 3.32. The highest BCUT2D eigenvalue weighted by molar-refractivity contribution is 9.11. The number of ether oxygens (including phenoxy) is 2. The second-order valence-electron chi connectivity index (χ2n) is 4.02. The van der Waals surface area contributed by atoms with Gasteiger partial charge in [0.25, 0.3) is 0 Å². The van der Waals surface area contributed by atoms with Crippen molar-refractivity contribution < 1.29 is 19.1 Å². The molecule has 1 rings (SSSR count). The SMILES string of the molecule is COCCNCC(=O)Nc1c(Br)cc(Br)cc1C(=O)OC. The maximum Gasteiger partial charge on any atom is 0.340 e. The number of carbonyl (C=O) groups excluding carboxylic acids is 2. The van der Waals surface area contributed by atoms with E-state index in [2.05, 4.69) is 42.5 Å². The molecule has 6 nitrogen and oxygen atoms in total. The lowest BCUT2D eigenvalue weighted by molar-refractivity contribution is -0.115. The molecule has 0 heterocycles. The van der Waals surface area contributed by atoms with Gasteiger partial charge >= 0.3 is 5.97 Å². The minimum absolute atomic E-state index is 0.118. The topological polar surface area (TPSA) is 76.7 Å². The van der Waals surface area contributed by atoms with E-state index in [0.717, 1.165) is 0 Å². The Hall–Kier alpha value is -0.960. The summed E-state index contributed by atoms with van der Waals surface area (Å²) in [6.45, 7) is 1.20. The van der Waals surface area contributed by atoms with E-state index in [1.165, 1.54) is 7.11 Å². The van der Waals surface area contributed by atoms with Crippen LogP contribution in [0.4, 0.5) is 5.69 Å². The number of nitrogens with one attached hydrogen (secondary N) is 2. The average Bonchev–Trinajstić information content (AvgIpc) is 2.45. The van der Waals surface area contributed by atoms with Crippen molar-refractivity contribution in [2.45, 2.75) is 0 Å². The summed E-state index contributed by atoms with van der Waals surface area (Å²) in [5, 5.41) is 5.61. The predicted molar refractivity (Wildman–Crippen MR) is 86.6 cm³/mol. The van der Waals surface area contributed by atoms with Crippen LogP contribution < -0.4 is 10.6 Å². The van der Waals surface area contributed by atoms with E-state index in [0.29, 0.717) is 27.8 Å². The first-order chi connectivity index (χ1) is 9.99. The van der Waals surface area contributed by atoms with Crippen molar-refractivity contribution in [2.75, 3.05) is 39.2 Å². The second kappa shape index (κ2) is 9.14. The van der Waals surface area contributed by atoms with Crippen LogP contribution in [-0.2, 0) is 14.3 Å². The minimum atomic E-state index is -0.528. The van der Waals surface area contributed by atoms with E-state index in [1.54, 1.807) is 19.2 Å². The van der Waals surface area contributed by atoms with Crippen molar-refractivity contribution >= 4 is 49.4 Å². The second-order valence-corrected chi connectivity index (χ2v) is 5.79. The summed E-state index contributed by atoms with van der Waals surface area (Å²) in [4.78, 5) is 23.6. The van der Waals surface area contributed by atoms with E-state index >= 15 is 0 Å². The Balaban J connectivity index is 2.82. The van der Waals surface area contributed by atoms with Crippen molar-refractivity contribution in [2.24, 2.45) is 0 Å². The number of amides is 1. The zero-order chi connectivity index (χ0) is 15.8. The third-order valence-electron chi connectivity index (χ3n) is 2.49. The van der Waals surface area contributed by atoms with E-state index in [9.17, 15) is 9.59 Å². The van der Waals surface area contributed by atoms with Gasteiger partial charge in [-0.3, -0.25) is 4.79 Å². The number of hydrogen-bond acceptors (Lipinski definition) is 5. The Kier molecular flexibility index (Phi) is 7.87. The van der Waals surface area contributed by atoms with Crippen molar-refractivity contribution in [3.63, 3.8) is 0 Å². The molecule has 2 N–H and O–H groups in total. The quantitative estimate of drug-likeness (QED) is 0.519. The van der Waals surface area contributed by atoms with Crippen LogP contribution in [0, 0.1) is 0 Å². The van der Waals surface area contributed by atoms with E-state index in [-0.39, 0.29) is 18.0 Å². The van der Waals surface area contributed by atoms with Gasteiger partial charge in [0, 0.05) is 22.6 Å². The highest BCUT2D eigenvalue weighted by Gasteiger charge is 2.17. The summed E-state index contributed by atoms with van der Waals surface area (Å²) in [6.07, 6.45) is 0. The molecule has 0 atom stereocenters. The Morgan fingerprint density at radius 2 is 1.95 bits per heavy atom. The number of halogens is 2. The third-order valence-corrected chi connectivity index (χ3v) is 3.58. The van der Waals surface area contributed by atoms with Crippen LogP contribution >= 0.6 is 31.9 Å². The summed E-state index contributed by atoms with van der Waals surface area (Å²) >= 11 is 6.62. The maximum atomic E-state index is 11.9. The van der Waals surface area contributed by atoms with Gasteiger partial charge in [-0.1, -0.05) is 15.9 Å². The van der Waals surface area contributed by atoms with E-state index < -0.39 is 5.97 Å². The molecule has 0 aromatic heterocycles. The first-order valence-electron chi connectivity index (χ1n) is 6.06. The molecule has 0 spiro atoms. The van der Waals surface area contributed by atoms with Gasteiger partial charge in [0.2, 0.25) is 5.91 Å². The van der Waals surface area contributed by atoms with Gasteiger partial charge in [-0.15, -0.1) is 0 Å². The van der Waals surface area contributed by atoms with Gasteiger partial charge in [0.1, 0.15) is 0 Å². The molecule has 0 unspecified atom stereocenters. The lowest BCUT2D eigenvalue weighted by Gasteiger charge is -2.13. The van der Waals surface area contributed by atoms with Gasteiger partial charge in [-0.2, -0.15) is 0 Å². The molecule has 0 aliphatic rings. The first-order valence-corrected chi connectivity index (χ1v) is 7.65. The molecule has 0 saturated heterocycles. The molecular formula is C13H16Br2N2O4. The summed E-state index contributed by atoms with van der Waals surface area (Å²) in [5.74, 6) is -0.793. The monoisotopic (exact) mass is 422 g/mol. The molecule has 1 aromatic rings. The summed E-state index contributed by atoms with van der Waals surface area (Å²) in [5.41, 5.74) is 0.646. The molecular weight excluding hydrogens is 408 g/mol. The van der Waals surface area contributed by atoms with Crippen molar-refractivity contribution in [1.29, 1.82) is 0 Å². The van der Waals surface area contributed by atoms with Gasteiger partial charge in [-0.05, 0) is 28.1 Å². The smallest absolute Gasteiger partial charge is 0.340 e. The highest BCUT2D eigenvalue weighted by Crippen LogP contribution is 2.31. The van der Waals surface area contributed by atoms with Crippen molar-refractivity contribution in [3.05, 3.63) is 26.6 Å². The standard InChI is InChI=1S/C13H16Br2N2O4/c1-20-4-3-16-7-11(18)17-12-9(13(19)21-2)5-8(14)6-10(12)15/h5-6,16H,3-4,7H2,1-2H3,(H,17,18). The van der Waals surface area contributed by atoms with Gasteiger partial charge in [0.05, 0.1) is 31.5 Å². The zero-order valence-electron chi connectivity index (χ0n) is 11.7. The number of rotatable bonds is 7. The average molecular weight is 424 g/mol. The molecule has 1 amide bonds. The van der Waals surface area contributed by atoms with Crippen LogP contribution in [0.2, 0.25) is 0 Å².